The first kappa shape index (κ1) is 15.0. The van der Waals surface area contributed by atoms with Crippen LogP contribution in [0.15, 0.2) is 33.8 Å². The number of ketones is 1. The van der Waals surface area contributed by atoms with Gasteiger partial charge in [-0.1, -0.05) is 34.8 Å². The van der Waals surface area contributed by atoms with Crippen molar-refractivity contribution in [2.45, 2.75) is 13.8 Å². The molecule has 18 heavy (non-hydrogen) atoms. The van der Waals surface area contributed by atoms with Crippen LogP contribution in [-0.4, -0.2) is 10.9 Å². The molecule has 0 fully saturated rings. The SMILES string of the molecule is CC(=O)C(N=Nc1c(Cl)cc(Cl)cc1Cl)=C(C)O. The maximum atomic E-state index is 11.2. The van der Waals surface area contributed by atoms with Crippen LogP contribution in [0.5, 0.6) is 0 Å². The molecule has 0 radical (unpaired) electrons. The lowest BCUT2D eigenvalue weighted by atomic mass is 10.3. The number of hydrogen-bond acceptors (Lipinski definition) is 4. The maximum absolute atomic E-state index is 11.2. The average Bonchev–Trinajstić information content (AvgIpc) is 2.20. The van der Waals surface area contributed by atoms with Crippen molar-refractivity contribution < 1.29 is 9.90 Å². The second-order valence-corrected chi connectivity index (χ2v) is 4.66. The molecular weight excluding hydrogens is 298 g/mol. The van der Waals surface area contributed by atoms with E-state index in [1.54, 1.807) is 0 Å². The quantitative estimate of drug-likeness (QED) is 0.479. The van der Waals surface area contributed by atoms with Gasteiger partial charge >= 0.3 is 0 Å². The Bertz CT molecular complexity index is 526. The monoisotopic (exact) mass is 306 g/mol. The summed E-state index contributed by atoms with van der Waals surface area (Å²) in [4.78, 5) is 11.2. The highest BCUT2D eigenvalue weighted by molar-refractivity contribution is 6.41. The van der Waals surface area contributed by atoms with Gasteiger partial charge in [-0.3, -0.25) is 4.79 Å². The minimum Gasteiger partial charge on any atom is -0.510 e. The summed E-state index contributed by atoms with van der Waals surface area (Å²) < 4.78 is 0. The number of allylic oxidation sites excluding steroid dienone is 2. The van der Waals surface area contributed by atoms with Crippen LogP contribution in [0.3, 0.4) is 0 Å². The van der Waals surface area contributed by atoms with Crippen molar-refractivity contribution in [1.82, 2.24) is 0 Å². The van der Waals surface area contributed by atoms with Crippen LogP contribution in [0.25, 0.3) is 0 Å². The summed E-state index contributed by atoms with van der Waals surface area (Å²) in [6, 6.07) is 2.90. The third-order valence-corrected chi connectivity index (χ3v) is 2.70. The molecule has 1 aromatic rings. The molecule has 0 heterocycles. The number of aliphatic hydroxyl groups excluding tert-OH is 1. The standard InChI is InChI=1S/C11H9Cl3N2O2/c1-5(17)10(6(2)18)15-16-11-8(13)3-7(12)4-9(11)14/h3-4,17H,1-2H3. The van der Waals surface area contributed by atoms with E-state index in [2.05, 4.69) is 10.2 Å². The zero-order valence-electron chi connectivity index (χ0n) is 9.54. The van der Waals surface area contributed by atoms with E-state index in [0.29, 0.717) is 5.02 Å². The first-order valence-electron chi connectivity index (χ1n) is 4.80. The molecule has 7 heteroatoms. The van der Waals surface area contributed by atoms with E-state index < -0.39 is 5.78 Å². The van der Waals surface area contributed by atoms with Crippen molar-refractivity contribution in [2.24, 2.45) is 10.2 Å². The van der Waals surface area contributed by atoms with Gasteiger partial charge in [-0.05, 0) is 19.1 Å². The van der Waals surface area contributed by atoms with E-state index in [-0.39, 0.29) is 27.2 Å². The summed E-state index contributed by atoms with van der Waals surface area (Å²) in [6.07, 6.45) is 0. The Morgan fingerprint density at radius 3 is 2.06 bits per heavy atom. The summed E-state index contributed by atoms with van der Waals surface area (Å²) in [5.74, 6) is -0.646. The van der Waals surface area contributed by atoms with Gasteiger partial charge in [0.1, 0.15) is 11.4 Å². The minimum absolute atomic E-state index is 0.155. The molecule has 0 amide bonds. The Morgan fingerprint density at radius 2 is 1.67 bits per heavy atom. The van der Waals surface area contributed by atoms with Crippen molar-refractivity contribution in [3.05, 3.63) is 38.7 Å². The summed E-state index contributed by atoms with van der Waals surface area (Å²) in [5, 5.41) is 17.4. The van der Waals surface area contributed by atoms with E-state index in [0.717, 1.165) is 0 Å². The predicted molar refractivity (Wildman–Crippen MR) is 72.0 cm³/mol. The molecule has 0 aliphatic rings. The number of nitrogens with zero attached hydrogens (tertiary/aromatic N) is 2. The van der Waals surface area contributed by atoms with Crippen LogP contribution in [0.1, 0.15) is 13.8 Å². The largest absolute Gasteiger partial charge is 0.510 e. The van der Waals surface area contributed by atoms with Gasteiger partial charge in [-0.25, -0.2) is 0 Å². The lowest BCUT2D eigenvalue weighted by Gasteiger charge is -2.02. The highest BCUT2D eigenvalue weighted by atomic mass is 35.5. The molecule has 0 atom stereocenters. The Balaban J connectivity index is 3.20. The Hall–Kier alpha value is -1.10. The molecule has 0 saturated carbocycles. The number of hydrogen-bond donors (Lipinski definition) is 1. The minimum atomic E-state index is -0.417. The van der Waals surface area contributed by atoms with E-state index in [9.17, 15) is 9.90 Å². The van der Waals surface area contributed by atoms with Crippen molar-refractivity contribution >= 4 is 46.3 Å². The van der Waals surface area contributed by atoms with Crippen LogP contribution >= 0.6 is 34.8 Å². The lowest BCUT2D eigenvalue weighted by molar-refractivity contribution is -0.113. The fraction of sp³-hybridized carbons (Fsp3) is 0.182. The number of azo groups is 1. The molecule has 4 nitrogen and oxygen atoms in total. The molecular formula is C11H9Cl3N2O2. The second kappa shape index (κ2) is 6.18. The normalized spacial score (nSPS) is 12.7. The molecule has 0 aliphatic carbocycles. The van der Waals surface area contributed by atoms with Crippen molar-refractivity contribution in [3.63, 3.8) is 0 Å². The Labute approximate surface area is 119 Å². The third-order valence-electron chi connectivity index (χ3n) is 1.91. The molecule has 1 rings (SSSR count). The van der Waals surface area contributed by atoms with Crippen LogP contribution in [0.4, 0.5) is 5.69 Å². The van der Waals surface area contributed by atoms with Gasteiger partial charge in [0.2, 0.25) is 0 Å². The van der Waals surface area contributed by atoms with Crippen molar-refractivity contribution in [3.8, 4) is 0 Å². The molecule has 0 spiro atoms. The van der Waals surface area contributed by atoms with E-state index >= 15 is 0 Å². The molecule has 0 aromatic heterocycles. The molecule has 1 aromatic carbocycles. The van der Waals surface area contributed by atoms with Gasteiger partial charge < -0.3 is 5.11 Å². The first-order valence-corrected chi connectivity index (χ1v) is 5.93. The third kappa shape index (κ3) is 3.70. The number of rotatable bonds is 3. The first-order chi connectivity index (χ1) is 8.32. The van der Waals surface area contributed by atoms with E-state index in [4.69, 9.17) is 34.8 Å². The van der Waals surface area contributed by atoms with Crippen LogP contribution in [0, 0.1) is 0 Å². The van der Waals surface area contributed by atoms with E-state index in [1.807, 2.05) is 0 Å². The Morgan fingerprint density at radius 1 is 1.17 bits per heavy atom. The highest BCUT2D eigenvalue weighted by Crippen LogP contribution is 2.36. The van der Waals surface area contributed by atoms with Gasteiger partial charge in [0.15, 0.2) is 11.5 Å². The zero-order chi connectivity index (χ0) is 13.9. The fourth-order valence-corrected chi connectivity index (χ4v) is 2.02. The highest BCUT2D eigenvalue weighted by Gasteiger charge is 2.10. The number of carbonyl (C=O) groups excluding carboxylic acids is 1. The van der Waals surface area contributed by atoms with Crippen molar-refractivity contribution in [2.75, 3.05) is 0 Å². The van der Waals surface area contributed by atoms with Crippen molar-refractivity contribution in [1.29, 1.82) is 0 Å². The second-order valence-electron chi connectivity index (χ2n) is 3.41. The molecule has 0 aliphatic heterocycles. The van der Waals surface area contributed by atoms with Gasteiger partial charge in [0.25, 0.3) is 0 Å². The lowest BCUT2D eigenvalue weighted by Crippen LogP contribution is -1.96. The van der Waals surface area contributed by atoms with E-state index in [1.165, 1.54) is 26.0 Å². The number of Topliss-reactive ketones (excluding diaryl/α,β-unsaturated/α-hetero) is 1. The number of carbonyl (C=O) groups is 1. The maximum Gasteiger partial charge on any atom is 0.183 e. The topological polar surface area (TPSA) is 62.0 Å². The Kier molecular flexibility index (Phi) is 5.14. The average molecular weight is 308 g/mol. The number of benzene rings is 1. The number of halogens is 3. The fourth-order valence-electron chi connectivity index (χ4n) is 1.13. The zero-order valence-corrected chi connectivity index (χ0v) is 11.8. The summed E-state index contributed by atoms with van der Waals surface area (Å²) in [6.45, 7) is 2.60. The van der Waals surface area contributed by atoms with Gasteiger partial charge in [-0.2, -0.15) is 0 Å². The smallest absolute Gasteiger partial charge is 0.183 e. The van der Waals surface area contributed by atoms with Crippen LogP contribution < -0.4 is 0 Å². The van der Waals surface area contributed by atoms with Gasteiger partial charge in [0.05, 0.1) is 10.0 Å². The molecule has 1 N–H and O–H groups in total. The number of aliphatic hydroxyl groups is 1. The molecule has 0 saturated heterocycles. The van der Waals surface area contributed by atoms with Gasteiger partial charge in [0, 0.05) is 11.9 Å². The predicted octanol–water partition coefficient (Wildman–Crippen LogP) is 5.11. The molecule has 96 valence electrons. The van der Waals surface area contributed by atoms with Crippen LogP contribution in [-0.2, 0) is 4.79 Å². The summed E-state index contributed by atoms with van der Waals surface area (Å²) in [5.41, 5.74) is 0.0276. The molecule has 0 unspecified atom stereocenters. The summed E-state index contributed by atoms with van der Waals surface area (Å²) in [7, 11) is 0. The summed E-state index contributed by atoms with van der Waals surface area (Å²) >= 11 is 17.5. The van der Waals surface area contributed by atoms with Crippen LogP contribution in [0.2, 0.25) is 15.1 Å². The van der Waals surface area contributed by atoms with Gasteiger partial charge in [-0.15, -0.1) is 10.2 Å². The molecule has 0 bridgehead atoms.